The topological polar surface area (TPSA) is 78.9 Å². The van der Waals surface area contributed by atoms with Crippen molar-refractivity contribution < 1.29 is 10.0 Å². The summed E-state index contributed by atoms with van der Waals surface area (Å²) in [6.45, 7) is 1.20. The molecule has 8 heteroatoms. The predicted molar refractivity (Wildman–Crippen MR) is 81.8 cm³/mol. The van der Waals surface area contributed by atoms with Gasteiger partial charge in [0.1, 0.15) is 5.84 Å². The van der Waals surface area contributed by atoms with Gasteiger partial charge in [-0.15, -0.1) is 11.3 Å². The van der Waals surface area contributed by atoms with Crippen LogP contribution in [-0.4, -0.2) is 34.9 Å². The Kier molecular flexibility index (Phi) is 4.86. The van der Waals surface area contributed by atoms with Crippen molar-refractivity contribution >= 4 is 54.9 Å². The summed E-state index contributed by atoms with van der Waals surface area (Å²) in [7, 11) is 0. The van der Waals surface area contributed by atoms with Crippen molar-refractivity contribution in [3.8, 4) is 0 Å². The molecule has 104 valence electrons. The highest BCUT2D eigenvalue weighted by Crippen LogP contribution is 2.33. The zero-order chi connectivity index (χ0) is 14.0. The largest absolute Gasteiger partial charge is 0.409 e. The first kappa shape index (κ1) is 14.8. The maximum Gasteiger partial charge on any atom is 0.255 e. The monoisotopic (exact) mass is 409 g/mol. The average Bonchev–Trinajstić information content (AvgIpc) is 2.76. The van der Waals surface area contributed by atoms with Crippen LogP contribution in [-0.2, 0) is 0 Å². The van der Waals surface area contributed by atoms with E-state index >= 15 is 0 Å². The van der Waals surface area contributed by atoms with E-state index in [2.05, 4.69) is 37.0 Å². The third-order valence-electron chi connectivity index (χ3n) is 3.13. The molecule has 1 unspecified atom stereocenters. The van der Waals surface area contributed by atoms with Gasteiger partial charge in [-0.3, -0.25) is 4.79 Å². The van der Waals surface area contributed by atoms with Crippen LogP contribution in [0, 0.1) is 5.92 Å². The Balaban J connectivity index is 2.13. The fourth-order valence-corrected chi connectivity index (χ4v) is 4.92. The quantitative estimate of drug-likeness (QED) is 0.340. The van der Waals surface area contributed by atoms with Crippen molar-refractivity contribution in [3.63, 3.8) is 0 Å². The van der Waals surface area contributed by atoms with E-state index in [-0.39, 0.29) is 17.7 Å². The van der Waals surface area contributed by atoms with Gasteiger partial charge in [0.15, 0.2) is 0 Å². The van der Waals surface area contributed by atoms with Crippen molar-refractivity contribution in [2.45, 2.75) is 12.8 Å². The summed E-state index contributed by atoms with van der Waals surface area (Å²) in [6.07, 6.45) is 1.70. The van der Waals surface area contributed by atoms with Gasteiger partial charge in [-0.2, -0.15) is 0 Å². The first-order valence-corrected chi connectivity index (χ1v) is 8.14. The van der Waals surface area contributed by atoms with Crippen LogP contribution in [0.5, 0.6) is 0 Å². The molecule has 1 aromatic rings. The van der Waals surface area contributed by atoms with E-state index in [9.17, 15) is 4.79 Å². The molecule has 2 heterocycles. The Bertz CT molecular complexity index is 518. The number of hydrogen-bond acceptors (Lipinski definition) is 4. The molecule has 1 atom stereocenters. The van der Waals surface area contributed by atoms with Crippen LogP contribution in [0.4, 0.5) is 0 Å². The molecule has 1 amide bonds. The lowest BCUT2D eigenvalue weighted by Gasteiger charge is -2.32. The number of likely N-dealkylation sites (tertiary alicyclic amines) is 1. The first-order chi connectivity index (χ1) is 9.02. The molecule has 1 fully saturated rings. The molecule has 19 heavy (non-hydrogen) atoms. The van der Waals surface area contributed by atoms with Crippen molar-refractivity contribution in [2.75, 3.05) is 13.1 Å². The van der Waals surface area contributed by atoms with E-state index in [1.54, 1.807) is 4.90 Å². The smallest absolute Gasteiger partial charge is 0.255 e. The van der Waals surface area contributed by atoms with E-state index in [1.165, 1.54) is 11.3 Å². The first-order valence-electron chi connectivity index (χ1n) is 5.74. The van der Waals surface area contributed by atoms with E-state index in [0.29, 0.717) is 18.7 Å². The minimum atomic E-state index is -0.0662. The summed E-state index contributed by atoms with van der Waals surface area (Å²) >= 11 is 8.23. The third kappa shape index (κ3) is 3.29. The normalized spacial score (nSPS) is 20.6. The number of thiophene rings is 1. The molecule has 0 aliphatic carbocycles. The summed E-state index contributed by atoms with van der Waals surface area (Å²) in [5.41, 5.74) is 6.28. The van der Waals surface area contributed by atoms with E-state index in [1.807, 2.05) is 6.07 Å². The molecular formula is C11H13Br2N3O2S. The number of nitrogens with zero attached hydrogens (tertiary/aromatic N) is 2. The summed E-state index contributed by atoms with van der Waals surface area (Å²) in [5.74, 6) is 0.107. The standard InChI is InChI=1S/C11H13Br2N3O2S/c12-8-4-7(9(13)19-8)11(17)16-3-1-2-6(5-16)10(14)15-18/h4,6,18H,1-3,5H2,(H2,14,15). The molecule has 1 aliphatic rings. The zero-order valence-electron chi connectivity index (χ0n) is 9.97. The van der Waals surface area contributed by atoms with Crippen molar-refractivity contribution in [1.29, 1.82) is 0 Å². The number of piperidine rings is 1. The van der Waals surface area contributed by atoms with Crippen molar-refractivity contribution in [2.24, 2.45) is 16.8 Å². The van der Waals surface area contributed by atoms with Gasteiger partial charge < -0.3 is 15.8 Å². The van der Waals surface area contributed by atoms with Gasteiger partial charge in [-0.25, -0.2) is 0 Å². The fraction of sp³-hybridized carbons (Fsp3) is 0.455. The molecule has 1 aliphatic heterocycles. The van der Waals surface area contributed by atoms with Gasteiger partial charge in [0.25, 0.3) is 5.91 Å². The van der Waals surface area contributed by atoms with Gasteiger partial charge >= 0.3 is 0 Å². The highest BCUT2D eigenvalue weighted by atomic mass is 79.9. The molecule has 5 nitrogen and oxygen atoms in total. The second kappa shape index (κ2) is 6.23. The number of hydrogen-bond donors (Lipinski definition) is 2. The van der Waals surface area contributed by atoms with Crippen LogP contribution < -0.4 is 5.73 Å². The Morgan fingerprint density at radius 1 is 1.58 bits per heavy atom. The number of carbonyl (C=O) groups excluding carboxylic acids is 1. The van der Waals surface area contributed by atoms with E-state index in [0.717, 1.165) is 20.4 Å². The van der Waals surface area contributed by atoms with Crippen molar-refractivity contribution in [1.82, 2.24) is 4.90 Å². The number of rotatable bonds is 2. The van der Waals surface area contributed by atoms with Gasteiger partial charge in [0.05, 0.1) is 13.1 Å². The predicted octanol–water partition coefficient (Wildman–Crippen LogP) is 2.87. The second-order valence-electron chi connectivity index (χ2n) is 4.35. The summed E-state index contributed by atoms with van der Waals surface area (Å²) in [6, 6.07) is 1.81. The van der Waals surface area contributed by atoms with Crippen LogP contribution in [0.25, 0.3) is 0 Å². The van der Waals surface area contributed by atoms with Gasteiger partial charge in [0.2, 0.25) is 0 Å². The Morgan fingerprint density at radius 2 is 2.32 bits per heavy atom. The molecule has 0 spiro atoms. The maximum atomic E-state index is 12.4. The molecular weight excluding hydrogens is 398 g/mol. The molecule has 1 aromatic heterocycles. The number of halogens is 2. The molecule has 0 aromatic carbocycles. The molecule has 0 radical (unpaired) electrons. The summed E-state index contributed by atoms with van der Waals surface area (Å²) in [4.78, 5) is 14.2. The van der Waals surface area contributed by atoms with E-state index in [4.69, 9.17) is 10.9 Å². The average molecular weight is 411 g/mol. The van der Waals surface area contributed by atoms with Crippen molar-refractivity contribution in [3.05, 3.63) is 19.2 Å². The number of amides is 1. The number of oxime groups is 1. The van der Waals surface area contributed by atoms with Crippen LogP contribution in [0.3, 0.4) is 0 Å². The molecule has 0 saturated carbocycles. The molecule has 0 bridgehead atoms. The number of nitrogens with two attached hydrogens (primary N) is 1. The molecule has 1 saturated heterocycles. The lowest BCUT2D eigenvalue weighted by molar-refractivity contribution is 0.0701. The van der Waals surface area contributed by atoms with Gasteiger partial charge in [-0.05, 0) is 50.8 Å². The Morgan fingerprint density at radius 3 is 2.89 bits per heavy atom. The van der Waals surface area contributed by atoms with Crippen LogP contribution in [0.1, 0.15) is 23.2 Å². The minimum absolute atomic E-state index is 0.0238. The minimum Gasteiger partial charge on any atom is -0.409 e. The molecule has 2 rings (SSSR count). The second-order valence-corrected chi connectivity index (χ2v) is 8.10. The summed E-state index contributed by atoms with van der Waals surface area (Å²) < 4.78 is 1.73. The lowest BCUT2D eigenvalue weighted by Crippen LogP contribution is -2.44. The van der Waals surface area contributed by atoms with Gasteiger partial charge in [-0.1, -0.05) is 5.16 Å². The Labute approximate surface area is 131 Å². The Hall–Kier alpha value is -0.600. The molecule has 3 N–H and O–H groups in total. The maximum absolute atomic E-state index is 12.4. The SMILES string of the molecule is N/C(=N/O)C1CCCN(C(=O)c2cc(Br)sc2Br)C1. The highest BCUT2D eigenvalue weighted by Gasteiger charge is 2.28. The van der Waals surface area contributed by atoms with Crippen LogP contribution in [0.15, 0.2) is 18.8 Å². The third-order valence-corrected chi connectivity index (χ3v) is 5.47. The number of amidine groups is 1. The number of carbonyl (C=O) groups is 1. The van der Waals surface area contributed by atoms with Crippen LogP contribution >= 0.6 is 43.2 Å². The fourth-order valence-electron chi connectivity index (χ4n) is 2.14. The van der Waals surface area contributed by atoms with Gasteiger partial charge in [0, 0.05) is 19.0 Å². The lowest BCUT2D eigenvalue weighted by atomic mass is 9.96. The summed E-state index contributed by atoms with van der Waals surface area (Å²) in [5, 5.41) is 11.8. The zero-order valence-corrected chi connectivity index (χ0v) is 14.0. The van der Waals surface area contributed by atoms with E-state index < -0.39 is 0 Å². The van der Waals surface area contributed by atoms with Crippen LogP contribution in [0.2, 0.25) is 0 Å². The highest BCUT2D eigenvalue weighted by molar-refractivity contribution is 9.12.